The van der Waals surface area contributed by atoms with Crippen molar-refractivity contribution < 1.29 is 44.1 Å². The molecule has 0 spiro atoms. The molecule has 1 unspecified atom stereocenters. The first-order valence-electron chi connectivity index (χ1n) is 11.4. The third kappa shape index (κ3) is 8.77. The number of nitrogens with two attached hydrogens (primary N) is 3. The topological polar surface area (TPSA) is 338 Å². The molecule has 0 saturated carbocycles. The van der Waals surface area contributed by atoms with E-state index in [4.69, 9.17) is 17.2 Å². The first-order chi connectivity index (χ1) is 18.4. The Kier molecular flexibility index (Phi) is 10.9. The van der Waals surface area contributed by atoms with Crippen LogP contribution in [0.15, 0.2) is 16.9 Å². The Balaban J connectivity index is 2.48. The van der Waals surface area contributed by atoms with E-state index >= 15 is 0 Å². The first kappa shape index (κ1) is 30.7. The highest BCUT2D eigenvalue weighted by Gasteiger charge is 2.36. The van der Waals surface area contributed by atoms with Crippen LogP contribution < -0.4 is 54.4 Å². The van der Waals surface area contributed by atoms with Crippen molar-refractivity contribution in [1.29, 1.82) is 0 Å². The average Bonchev–Trinajstić information content (AvgIpc) is 2.87. The molecule has 0 aromatic heterocycles. The van der Waals surface area contributed by atoms with Crippen LogP contribution in [0.5, 0.6) is 0 Å². The molecule has 0 radical (unpaired) electrons. The fourth-order valence-electron chi connectivity index (χ4n) is 3.39. The Bertz CT molecular complexity index is 1050. The zero-order valence-electron chi connectivity index (χ0n) is 20.3. The van der Waals surface area contributed by atoms with Crippen LogP contribution in [0.25, 0.3) is 0 Å². The summed E-state index contributed by atoms with van der Waals surface area (Å²) in [6.07, 6.45) is -0.868. The minimum atomic E-state index is -1.71. The molecule has 20 heteroatoms. The summed E-state index contributed by atoms with van der Waals surface area (Å²) in [7, 11) is 0. The maximum Gasteiger partial charge on any atom is 0.316 e. The van der Waals surface area contributed by atoms with Crippen LogP contribution >= 0.6 is 0 Å². The number of hydrogen-bond donors (Lipinski definition) is 13. The number of aliphatic hydroxyl groups is 3. The van der Waals surface area contributed by atoms with Gasteiger partial charge < -0.3 is 69.7 Å². The highest BCUT2D eigenvalue weighted by Crippen LogP contribution is 2.10. The standard InChI is InChI=1S/C19H31N11O9/c20-6-2-23-17(38)12(7-1-11(33)29-18(21)28-7)30-14(35)8(3-24-19(22)39)25-15(36)10(5-32)27-16(37)9(4-31)26-13(6)34/h3,6-7,9-12,31-33H,1-2,4-5,20H2,(H,23,38)(H,25,36)(H,26,34)(H,27,37)(H,30,35)(H3,21,28,29)(H3,22,24,39)/b8-3-/t6-,7?,9-,10-,11-,12+/m0/s1. The van der Waals surface area contributed by atoms with Crippen molar-refractivity contribution in [2.45, 2.75) is 42.9 Å². The van der Waals surface area contributed by atoms with E-state index in [1.54, 1.807) is 0 Å². The maximum absolute atomic E-state index is 13.1. The predicted molar refractivity (Wildman–Crippen MR) is 129 cm³/mol. The van der Waals surface area contributed by atoms with Crippen molar-refractivity contribution in [2.75, 3.05) is 19.8 Å². The van der Waals surface area contributed by atoms with Gasteiger partial charge >= 0.3 is 6.03 Å². The molecule has 7 amide bonds. The monoisotopic (exact) mass is 557 g/mol. The van der Waals surface area contributed by atoms with Crippen molar-refractivity contribution in [1.82, 2.24) is 37.2 Å². The molecule has 0 aliphatic carbocycles. The molecule has 16 N–H and O–H groups in total. The number of carbonyl (C=O) groups is 6. The molecule has 216 valence electrons. The van der Waals surface area contributed by atoms with Gasteiger partial charge in [-0.3, -0.25) is 24.0 Å². The predicted octanol–water partition coefficient (Wildman–Crippen LogP) is -8.50. The van der Waals surface area contributed by atoms with Crippen molar-refractivity contribution >= 4 is 41.5 Å². The highest BCUT2D eigenvalue weighted by molar-refractivity contribution is 6.02. The van der Waals surface area contributed by atoms with E-state index in [1.807, 2.05) is 5.32 Å². The van der Waals surface area contributed by atoms with Crippen LogP contribution in [-0.4, -0.2) is 113 Å². The summed E-state index contributed by atoms with van der Waals surface area (Å²) in [5.41, 5.74) is 15.8. The van der Waals surface area contributed by atoms with Crippen LogP contribution in [-0.2, 0) is 24.0 Å². The summed E-state index contributed by atoms with van der Waals surface area (Å²) in [6.45, 7) is -2.42. The number of nitrogens with zero attached hydrogens (tertiary/aromatic N) is 1. The fraction of sp³-hybridized carbons (Fsp3) is 0.526. The lowest BCUT2D eigenvalue weighted by Crippen LogP contribution is -2.64. The molecule has 1 fully saturated rings. The highest BCUT2D eigenvalue weighted by atomic mass is 16.3. The molecule has 39 heavy (non-hydrogen) atoms. The van der Waals surface area contributed by atoms with E-state index in [0.29, 0.717) is 6.20 Å². The summed E-state index contributed by atoms with van der Waals surface area (Å²) >= 11 is 0. The lowest BCUT2D eigenvalue weighted by atomic mass is 10.0. The van der Waals surface area contributed by atoms with Gasteiger partial charge in [0.2, 0.25) is 23.6 Å². The second-order valence-electron chi connectivity index (χ2n) is 8.33. The summed E-state index contributed by atoms with van der Waals surface area (Å²) in [5.74, 6) is -5.56. The van der Waals surface area contributed by atoms with Gasteiger partial charge in [0.15, 0.2) is 12.2 Å². The van der Waals surface area contributed by atoms with E-state index in [1.165, 1.54) is 0 Å². The quantitative estimate of drug-likeness (QED) is 0.143. The number of aliphatic imine (C=N–C) groups is 1. The van der Waals surface area contributed by atoms with Crippen LogP contribution in [0.3, 0.4) is 0 Å². The molecule has 2 rings (SSSR count). The normalized spacial score (nSPS) is 30.5. The van der Waals surface area contributed by atoms with Crippen LogP contribution in [0.4, 0.5) is 4.79 Å². The summed E-state index contributed by atoms with van der Waals surface area (Å²) in [4.78, 5) is 78.7. The largest absolute Gasteiger partial charge is 0.394 e. The molecule has 0 bridgehead atoms. The van der Waals surface area contributed by atoms with Gasteiger partial charge in [-0.05, 0) is 0 Å². The van der Waals surface area contributed by atoms with Gasteiger partial charge in [-0.2, -0.15) is 0 Å². The van der Waals surface area contributed by atoms with E-state index < -0.39 is 97.5 Å². The number of amides is 7. The smallest absolute Gasteiger partial charge is 0.316 e. The zero-order chi connectivity index (χ0) is 29.3. The number of rotatable bonds is 4. The fourth-order valence-corrected chi connectivity index (χ4v) is 3.39. The Morgan fingerprint density at radius 1 is 0.974 bits per heavy atom. The van der Waals surface area contributed by atoms with Gasteiger partial charge in [0.05, 0.1) is 19.3 Å². The Labute approximate surface area is 220 Å². The number of carbonyl (C=O) groups excluding carboxylic acids is 6. The molecule has 0 aromatic rings. The molecule has 6 atom stereocenters. The second kappa shape index (κ2) is 13.9. The number of primary amides is 1. The summed E-state index contributed by atoms with van der Waals surface area (Å²) < 4.78 is 0. The van der Waals surface area contributed by atoms with Crippen molar-refractivity contribution in [3.63, 3.8) is 0 Å². The van der Waals surface area contributed by atoms with Gasteiger partial charge in [-0.15, -0.1) is 0 Å². The first-order valence-corrected chi connectivity index (χ1v) is 11.4. The third-order valence-electron chi connectivity index (χ3n) is 5.38. The van der Waals surface area contributed by atoms with Crippen LogP contribution in [0.1, 0.15) is 6.42 Å². The number of hydrogen-bond acceptors (Lipinski definition) is 13. The Morgan fingerprint density at radius 3 is 2.18 bits per heavy atom. The molecule has 2 heterocycles. The van der Waals surface area contributed by atoms with Gasteiger partial charge in [0.1, 0.15) is 29.9 Å². The zero-order valence-corrected chi connectivity index (χ0v) is 20.3. The summed E-state index contributed by atoms with van der Waals surface area (Å²) in [6, 6.07) is -8.48. The van der Waals surface area contributed by atoms with E-state index in [2.05, 4.69) is 36.9 Å². The maximum atomic E-state index is 13.1. The molecule has 20 nitrogen and oxygen atoms in total. The number of urea groups is 1. The summed E-state index contributed by atoms with van der Waals surface area (Å²) in [5, 5.41) is 44.7. The van der Waals surface area contributed by atoms with Crippen molar-refractivity contribution in [2.24, 2.45) is 22.2 Å². The third-order valence-corrected chi connectivity index (χ3v) is 5.38. The molecular formula is C19H31N11O9. The van der Waals surface area contributed by atoms with Gasteiger partial charge in [0.25, 0.3) is 5.91 Å². The minimum Gasteiger partial charge on any atom is -0.394 e. The number of aliphatic hydroxyl groups excluding tert-OH is 3. The second-order valence-corrected chi connectivity index (χ2v) is 8.33. The SMILES string of the molecule is NC(=O)N/C=C1\NC(=O)[C@H](CO)NC(=O)[C@H](CO)NC(=O)[C@@H](N)CNC(=O)[C@@H](C2C[C@H](O)N=C(N)N2)NC1=O. The molecule has 2 aliphatic rings. The van der Waals surface area contributed by atoms with Gasteiger partial charge in [-0.25, -0.2) is 9.79 Å². The minimum absolute atomic E-state index is 0.215. The molecule has 0 aromatic carbocycles. The molecular weight excluding hydrogens is 526 g/mol. The van der Waals surface area contributed by atoms with Gasteiger partial charge in [0, 0.05) is 19.2 Å². The Morgan fingerprint density at radius 2 is 1.59 bits per heavy atom. The molecule has 2 aliphatic heterocycles. The lowest BCUT2D eigenvalue weighted by molar-refractivity contribution is -0.134. The Hall–Kier alpha value is -4.53. The van der Waals surface area contributed by atoms with Crippen molar-refractivity contribution in [3.8, 4) is 0 Å². The average molecular weight is 558 g/mol. The van der Waals surface area contributed by atoms with Crippen LogP contribution in [0, 0.1) is 0 Å². The van der Waals surface area contributed by atoms with Crippen LogP contribution in [0.2, 0.25) is 0 Å². The number of guanidine groups is 1. The molecule has 1 saturated heterocycles. The van der Waals surface area contributed by atoms with Gasteiger partial charge in [-0.1, -0.05) is 0 Å². The van der Waals surface area contributed by atoms with E-state index in [-0.39, 0.29) is 12.4 Å². The van der Waals surface area contributed by atoms with E-state index in [0.717, 1.165) is 0 Å². The van der Waals surface area contributed by atoms with Crippen molar-refractivity contribution in [3.05, 3.63) is 11.9 Å². The van der Waals surface area contributed by atoms with E-state index in [9.17, 15) is 44.1 Å². The number of nitrogens with one attached hydrogen (secondary N) is 7. The lowest BCUT2D eigenvalue weighted by Gasteiger charge is -2.32.